The summed E-state index contributed by atoms with van der Waals surface area (Å²) in [5.74, 6) is 2.03. The molecule has 0 aliphatic rings. The number of non-ortho nitro benzene ring substituents is 1. The van der Waals surface area contributed by atoms with E-state index in [2.05, 4.69) is 14.5 Å². The van der Waals surface area contributed by atoms with Gasteiger partial charge in [0.1, 0.15) is 18.2 Å². The Balaban J connectivity index is 1.33. The van der Waals surface area contributed by atoms with Gasteiger partial charge < -0.3 is 14.3 Å². The molecule has 0 aliphatic carbocycles. The molecule has 2 aromatic heterocycles. The summed E-state index contributed by atoms with van der Waals surface area (Å²) in [7, 11) is 0. The molecule has 10 heteroatoms. The van der Waals surface area contributed by atoms with Gasteiger partial charge in [-0.2, -0.15) is 0 Å². The summed E-state index contributed by atoms with van der Waals surface area (Å²) in [4.78, 5) is 23.1. The zero-order chi connectivity index (χ0) is 22.8. The van der Waals surface area contributed by atoms with E-state index in [9.17, 15) is 10.1 Å². The lowest BCUT2D eigenvalue weighted by molar-refractivity contribution is -0.384. The van der Waals surface area contributed by atoms with Crippen LogP contribution >= 0.6 is 23.4 Å². The van der Waals surface area contributed by atoms with Gasteiger partial charge in [-0.25, -0.2) is 9.97 Å². The van der Waals surface area contributed by atoms with Crippen LogP contribution in [0.1, 0.15) is 5.82 Å². The lowest BCUT2D eigenvalue weighted by Gasteiger charge is -2.10. The predicted molar refractivity (Wildman–Crippen MR) is 129 cm³/mol. The number of nitro groups is 1. The number of ether oxygens (including phenoxy) is 1. The highest BCUT2D eigenvalue weighted by Gasteiger charge is 2.14. The number of nitro benzene ring substituents is 1. The smallest absolute Gasteiger partial charge is 0.271 e. The Hall–Kier alpha value is -3.56. The van der Waals surface area contributed by atoms with Crippen molar-refractivity contribution in [1.82, 2.24) is 19.5 Å². The highest BCUT2D eigenvalue weighted by molar-refractivity contribution is 7.98. The molecular formula is C23H18ClN5O3S. The minimum absolute atomic E-state index is 0.0350. The van der Waals surface area contributed by atoms with Crippen molar-refractivity contribution in [2.75, 3.05) is 6.61 Å². The third-order valence-electron chi connectivity index (χ3n) is 5.08. The number of halogens is 1. The maximum absolute atomic E-state index is 11.0. The number of aromatic nitrogens is 4. The third kappa shape index (κ3) is 4.64. The Morgan fingerprint density at radius 3 is 2.70 bits per heavy atom. The number of para-hydroxylation sites is 2. The van der Waals surface area contributed by atoms with Crippen molar-refractivity contribution >= 4 is 51.1 Å². The van der Waals surface area contributed by atoms with E-state index in [1.807, 2.05) is 36.4 Å². The van der Waals surface area contributed by atoms with Gasteiger partial charge in [0.2, 0.25) is 0 Å². The maximum Gasteiger partial charge on any atom is 0.271 e. The quantitative estimate of drug-likeness (QED) is 0.170. The molecule has 5 aromatic rings. The molecule has 0 fully saturated rings. The number of nitrogens with zero attached hydrogens (tertiary/aromatic N) is 4. The van der Waals surface area contributed by atoms with Gasteiger partial charge in [0.05, 0.1) is 39.3 Å². The molecule has 2 heterocycles. The van der Waals surface area contributed by atoms with Gasteiger partial charge in [0, 0.05) is 17.2 Å². The number of rotatable bonds is 8. The molecule has 166 valence electrons. The molecule has 8 nitrogen and oxygen atoms in total. The average Bonchev–Trinajstić information content (AvgIpc) is 3.39. The summed E-state index contributed by atoms with van der Waals surface area (Å²) < 4.78 is 8.01. The number of imidazole rings is 2. The van der Waals surface area contributed by atoms with E-state index < -0.39 is 4.92 Å². The van der Waals surface area contributed by atoms with Crippen LogP contribution in [-0.4, -0.2) is 31.0 Å². The molecule has 0 saturated heterocycles. The molecule has 0 amide bonds. The van der Waals surface area contributed by atoms with Crippen molar-refractivity contribution in [2.24, 2.45) is 0 Å². The number of fused-ring (bicyclic) bond motifs is 2. The van der Waals surface area contributed by atoms with Crippen LogP contribution in [0.25, 0.3) is 22.1 Å². The fourth-order valence-electron chi connectivity index (χ4n) is 3.53. The molecule has 5 rings (SSSR count). The standard InChI is InChI=1S/C23H18ClN5O3S/c24-15-5-8-17(9-6-15)32-12-11-28-21-4-2-1-3-19(21)27-23(28)33-14-22-25-18-10-7-16(29(30)31)13-20(18)26-22/h1-10,13H,11-12,14H2,(H,25,26). The Bertz CT molecular complexity index is 1450. The van der Waals surface area contributed by atoms with Gasteiger partial charge >= 0.3 is 0 Å². The monoisotopic (exact) mass is 479 g/mol. The van der Waals surface area contributed by atoms with Crippen LogP contribution in [0, 0.1) is 10.1 Å². The first kappa shape index (κ1) is 21.3. The molecule has 33 heavy (non-hydrogen) atoms. The molecular weight excluding hydrogens is 462 g/mol. The second-order valence-electron chi connectivity index (χ2n) is 7.27. The van der Waals surface area contributed by atoms with E-state index in [4.69, 9.17) is 21.3 Å². The van der Waals surface area contributed by atoms with Crippen LogP contribution in [0.15, 0.2) is 71.9 Å². The predicted octanol–water partition coefficient (Wildman–Crippen LogP) is 5.85. The Morgan fingerprint density at radius 2 is 1.88 bits per heavy atom. The van der Waals surface area contributed by atoms with Crippen molar-refractivity contribution < 1.29 is 9.66 Å². The topological polar surface area (TPSA) is 98.9 Å². The lowest BCUT2D eigenvalue weighted by Crippen LogP contribution is -2.09. The van der Waals surface area contributed by atoms with Crippen LogP contribution in [0.4, 0.5) is 5.69 Å². The average molecular weight is 480 g/mol. The van der Waals surface area contributed by atoms with E-state index in [0.717, 1.165) is 27.8 Å². The van der Waals surface area contributed by atoms with Crippen LogP contribution in [0.3, 0.4) is 0 Å². The molecule has 0 bridgehead atoms. The van der Waals surface area contributed by atoms with Crippen LogP contribution in [-0.2, 0) is 12.3 Å². The van der Waals surface area contributed by atoms with E-state index in [0.29, 0.717) is 35.0 Å². The fraction of sp³-hybridized carbons (Fsp3) is 0.130. The zero-order valence-corrected chi connectivity index (χ0v) is 18.8. The summed E-state index contributed by atoms with van der Waals surface area (Å²) in [6.07, 6.45) is 0. The summed E-state index contributed by atoms with van der Waals surface area (Å²) >= 11 is 7.49. The first-order chi connectivity index (χ1) is 16.1. The van der Waals surface area contributed by atoms with E-state index in [1.165, 1.54) is 12.1 Å². The zero-order valence-electron chi connectivity index (χ0n) is 17.3. The molecule has 0 unspecified atom stereocenters. The van der Waals surface area contributed by atoms with Crippen molar-refractivity contribution in [3.63, 3.8) is 0 Å². The largest absolute Gasteiger partial charge is 0.492 e. The summed E-state index contributed by atoms with van der Waals surface area (Å²) in [6.45, 7) is 1.10. The molecule has 3 aromatic carbocycles. The molecule has 1 N–H and O–H groups in total. The minimum atomic E-state index is -0.414. The molecule has 0 spiro atoms. The Morgan fingerprint density at radius 1 is 1.06 bits per heavy atom. The lowest BCUT2D eigenvalue weighted by atomic mass is 10.3. The number of thioether (sulfide) groups is 1. The number of H-pyrrole nitrogens is 1. The van der Waals surface area contributed by atoms with Gasteiger partial charge in [0.25, 0.3) is 5.69 Å². The van der Waals surface area contributed by atoms with E-state index in [-0.39, 0.29) is 5.69 Å². The molecule has 0 radical (unpaired) electrons. The molecule has 0 atom stereocenters. The van der Waals surface area contributed by atoms with E-state index in [1.54, 1.807) is 30.0 Å². The number of hydrogen-bond donors (Lipinski definition) is 1. The fourth-order valence-corrected chi connectivity index (χ4v) is 4.57. The first-order valence-electron chi connectivity index (χ1n) is 10.2. The summed E-state index contributed by atoms with van der Waals surface area (Å²) in [5.41, 5.74) is 3.31. The Kier molecular flexibility index (Phi) is 5.89. The second-order valence-corrected chi connectivity index (χ2v) is 8.65. The summed E-state index contributed by atoms with van der Waals surface area (Å²) in [5, 5.41) is 12.5. The minimum Gasteiger partial charge on any atom is -0.492 e. The summed E-state index contributed by atoms with van der Waals surface area (Å²) in [6, 6.07) is 19.9. The second kappa shape index (κ2) is 9.13. The molecule has 0 saturated carbocycles. The highest BCUT2D eigenvalue weighted by Crippen LogP contribution is 2.28. The first-order valence-corrected chi connectivity index (χ1v) is 11.5. The molecule has 0 aliphatic heterocycles. The number of nitrogens with one attached hydrogen (secondary N) is 1. The number of aromatic amines is 1. The van der Waals surface area contributed by atoms with Gasteiger partial charge in [-0.05, 0) is 42.5 Å². The van der Waals surface area contributed by atoms with Crippen LogP contribution < -0.4 is 4.74 Å². The van der Waals surface area contributed by atoms with Crippen molar-refractivity contribution in [2.45, 2.75) is 17.5 Å². The van der Waals surface area contributed by atoms with Crippen molar-refractivity contribution in [3.8, 4) is 5.75 Å². The van der Waals surface area contributed by atoms with E-state index >= 15 is 0 Å². The van der Waals surface area contributed by atoms with Crippen LogP contribution in [0.5, 0.6) is 5.75 Å². The highest BCUT2D eigenvalue weighted by atomic mass is 35.5. The SMILES string of the molecule is O=[N+]([O-])c1ccc2nc(CSc3nc4ccccc4n3CCOc3ccc(Cl)cc3)[nH]c2c1. The number of benzene rings is 3. The van der Waals surface area contributed by atoms with Gasteiger partial charge in [-0.3, -0.25) is 10.1 Å². The van der Waals surface area contributed by atoms with Gasteiger partial charge in [-0.15, -0.1) is 0 Å². The maximum atomic E-state index is 11.0. The van der Waals surface area contributed by atoms with Crippen molar-refractivity contribution in [1.29, 1.82) is 0 Å². The van der Waals surface area contributed by atoms with Gasteiger partial charge in [-0.1, -0.05) is 35.5 Å². The third-order valence-corrected chi connectivity index (χ3v) is 6.32. The van der Waals surface area contributed by atoms with Gasteiger partial charge in [0.15, 0.2) is 5.16 Å². The Labute approximate surface area is 197 Å². The normalized spacial score (nSPS) is 11.3. The van der Waals surface area contributed by atoms with Crippen molar-refractivity contribution in [3.05, 3.63) is 87.7 Å². The number of hydrogen-bond acceptors (Lipinski definition) is 6. The van der Waals surface area contributed by atoms with Crippen LogP contribution in [0.2, 0.25) is 5.02 Å².